The lowest BCUT2D eigenvalue weighted by molar-refractivity contribution is 0.249. The third-order valence-electron chi connectivity index (χ3n) is 3.88. The second-order valence-electron chi connectivity index (χ2n) is 5.18. The van der Waals surface area contributed by atoms with Crippen LogP contribution in [0.2, 0.25) is 0 Å². The Bertz CT molecular complexity index is 351. The number of halogens is 1. The molecule has 2 unspecified atom stereocenters. The Labute approximate surface area is 116 Å². The molecule has 0 radical (unpaired) electrons. The van der Waals surface area contributed by atoms with E-state index in [1.165, 1.54) is 17.1 Å². The van der Waals surface area contributed by atoms with Crippen LogP contribution < -0.4 is 10.0 Å². The minimum atomic E-state index is -3.29. The van der Waals surface area contributed by atoms with Gasteiger partial charge in [-0.2, -0.15) is 12.7 Å². The average molecular weight is 298 g/mol. The molecule has 0 aromatic carbocycles. The van der Waals surface area contributed by atoms with E-state index < -0.39 is 10.2 Å². The highest BCUT2D eigenvalue weighted by atomic mass is 35.5. The minimum absolute atomic E-state index is 0. The van der Waals surface area contributed by atoms with Crippen molar-refractivity contribution in [3.63, 3.8) is 0 Å². The lowest BCUT2D eigenvalue weighted by atomic mass is 10.0. The highest BCUT2D eigenvalue weighted by Crippen LogP contribution is 2.29. The van der Waals surface area contributed by atoms with E-state index in [4.69, 9.17) is 0 Å². The van der Waals surface area contributed by atoms with Crippen molar-refractivity contribution in [1.29, 1.82) is 0 Å². The zero-order valence-corrected chi connectivity index (χ0v) is 12.7. The summed E-state index contributed by atoms with van der Waals surface area (Å²) in [6, 6.07) is 1.19. The van der Waals surface area contributed by atoms with Gasteiger partial charge in [0.15, 0.2) is 0 Å². The molecule has 0 saturated carbocycles. The molecule has 2 aliphatic rings. The van der Waals surface area contributed by atoms with E-state index in [2.05, 4.69) is 10.0 Å². The van der Waals surface area contributed by atoms with Gasteiger partial charge in [-0.15, -0.1) is 12.4 Å². The second kappa shape index (κ2) is 6.52. The van der Waals surface area contributed by atoms with Gasteiger partial charge in [0.25, 0.3) is 10.2 Å². The van der Waals surface area contributed by atoms with Gasteiger partial charge in [-0.05, 0) is 32.1 Å². The summed E-state index contributed by atoms with van der Waals surface area (Å²) in [7, 11) is -1.58. The zero-order valence-electron chi connectivity index (χ0n) is 11.1. The number of nitrogens with one attached hydrogen (secondary N) is 2. The number of nitrogens with zero attached hydrogens (tertiary/aromatic N) is 1. The summed E-state index contributed by atoms with van der Waals surface area (Å²) in [4.78, 5) is 0. The fraction of sp³-hybridized carbons (Fsp3) is 1.00. The summed E-state index contributed by atoms with van der Waals surface area (Å²) in [5, 5.41) is 3.53. The maximum Gasteiger partial charge on any atom is 0.279 e. The first-order valence-electron chi connectivity index (χ1n) is 6.51. The summed E-state index contributed by atoms with van der Waals surface area (Å²) < 4.78 is 28.2. The Morgan fingerprint density at radius 2 is 1.83 bits per heavy atom. The predicted molar refractivity (Wildman–Crippen MR) is 75.2 cm³/mol. The van der Waals surface area contributed by atoms with Crippen LogP contribution in [0.15, 0.2) is 0 Å². The molecule has 7 heteroatoms. The lowest BCUT2D eigenvalue weighted by Gasteiger charge is -2.34. The van der Waals surface area contributed by atoms with Gasteiger partial charge in [0.05, 0.1) is 0 Å². The van der Waals surface area contributed by atoms with E-state index in [0.717, 1.165) is 19.3 Å². The SMILES string of the molecule is CCCNS(=O)(=O)N(C)C1CC2CCC(C1)N2.Cl. The van der Waals surface area contributed by atoms with Crippen molar-refractivity contribution in [3.8, 4) is 0 Å². The number of fused-ring (bicyclic) bond motifs is 2. The van der Waals surface area contributed by atoms with E-state index in [9.17, 15) is 8.42 Å². The fourth-order valence-electron chi connectivity index (χ4n) is 2.85. The summed E-state index contributed by atoms with van der Waals surface area (Å²) in [6.07, 6.45) is 5.10. The predicted octanol–water partition coefficient (Wildman–Crippen LogP) is 0.867. The highest BCUT2D eigenvalue weighted by molar-refractivity contribution is 7.87. The van der Waals surface area contributed by atoms with Crippen LogP contribution in [0.4, 0.5) is 0 Å². The van der Waals surface area contributed by atoms with E-state index in [-0.39, 0.29) is 18.4 Å². The normalized spacial score (nSPS) is 31.4. The van der Waals surface area contributed by atoms with E-state index in [1.54, 1.807) is 7.05 Å². The van der Waals surface area contributed by atoms with Crippen molar-refractivity contribution in [2.24, 2.45) is 0 Å². The molecule has 18 heavy (non-hydrogen) atoms. The number of piperidine rings is 1. The standard InChI is InChI=1S/C11H23N3O2S.ClH/c1-3-6-12-17(15,16)14(2)11-7-9-4-5-10(8-11)13-9;/h9-13H,3-8H2,1-2H3;1H. The smallest absolute Gasteiger partial charge is 0.279 e. The van der Waals surface area contributed by atoms with Gasteiger partial charge in [0.1, 0.15) is 0 Å². The third kappa shape index (κ3) is 3.57. The van der Waals surface area contributed by atoms with Crippen molar-refractivity contribution >= 4 is 22.6 Å². The van der Waals surface area contributed by atoms with Crippen LogP contribution >= 0.6 is 12.4 Å². The van der Waals surface area contributed by atoms with E-state index >= 15 is 0 Å². The van der Waals surface area contributed by atoms with Gasteiger partial charge in [-0.25, -0.2) is 4.72 Å². The summed E-state index contributed by atoms with van der Waals surface area (Å²) in [5.41, 5.74) is 0. The van der Waals surface area contributed by atoms with Crippen LogP contribution in [0.1, 0.15) is 39.0 Å². The quantitative estimate of drug-likeness (QED) is 0.791. The summed E-state index contributed by atoms with van der Waals surface area (Å²) in [5.74, 6) is 0. The number of hydrogen-bond acceptors (Lipinski definition) is 3. The molecule has 2 N–H and O–H groups in total. The first-order chi connectivity index (χ1) is 8.03. The van der Waals surface area contributed by atoms with Gasteiger partial charge < -0.3 is 5.32 Å². The Morgan fingerprint density at radius 1 is 1.28 bits per heavy atom. The van der Waals surface area contributed by atoms with Gasteiger partial charge in [-0.3, -0.25) is 0 Å². The van der Waals surface area contributed by atoms with Gasteiger partial charge >= 0.3 is 0 Å². The van der Waals surface area contributed by atoms with Crippen molar-refractivity contribution in [3.05, 3.63) is 0 Å². The molecule has 2 bridgehead atoms. The van der Waals surface area contributed by atoms with Gasteiger partial charge in [0.2, 0.25) is 0 Å². The monoisotopic (exact) mass is 297 g/mol. The summed E-state index contributed by atoms with van der Waals surface area (Å²) >= 11 is 0. The fourth-order valence-corrected chi connectivity index (χ4v) is 4.08. The van der Waals surface area contributed by atoms with Crippen LogP contribution in [-0.4, -0.2) is 44.4 Å². The molecular weight excluding hydrogens is 274 g/mol. The van der Waals surface area contributed by atoms with Crippen LogP contribution in [0.3, 0.4) is 0 Å². The molecule has 0 aliphatic carbocycles. The lowest BCUT2D eigenvalue weighted by Crippen LogP contribution is -2.51. The molecule has 108 valence electrons. The third-order valence-corrected chi connectivity index (χ3v) is 5.50. The molecule has 5 nitrogen and oxygen atoms in total. The Morgan fingerprint density at radius 3 is 2.33 bits per heavy atom. The van der Waals surface area contributed by atoms with Crippen molar-refractivity contribution in [2.45, 2.75) is 57.2 Å². The van der Waals surface area contributed by atoms with Crippen LogP contribution in [0.5, 0.6) is 0 Å². The van der Waals surface area contributed by atoms with Crippen LogP contribution in [-0.2, 0) is 10.2 Å². The van der Waals surface area contributed by atoms with Crippen LogP contribution in [0, 0.1) is 0 Å². The van der Waals surface area contributed by atoms with Gasteiger partial charge in [-0.1, -0.05) is 6.92 Å². The topological polar surface area (TPSA) is 61.4 Å². The maximum absolute atomic E-state index is 12.0. The van der Waals surface area contributed by atoms with E-state index in [0.29, 0.717) is 18.6 Å². The number of rotatable bonds is 5. The van der Waals surface area contributed by atoms with Crippen molar-refractivity contribution in [1.82, 2.24) is 14.3 Å². The molecule has 2 aliphatic heterocycles. The Hall–Kier alpha value is 0.120. The Kier molecular flexibility index (Phi) is 5.86. The van der Waals surface area contributed by atoms with E-state index in [1.807, 2.05) is 6.92 Å². The highest BCUT2D eigenvalue weighted by Gasteiger charge is 2.38. The summed E-state index contributed by atoms with van der Waals surface area (Å²) in [6.45, 7) is 2.48. The first-order valence-corrected chi connectivity index (χ1v) is 7.95. The largest absolute Gasteiger partial charge is 0.311 e. The Balaban J connectivity index is 0.00000162. The first kappa shape index (κ1) is 16.2. The van der Waals surface area contributed by atoms with Gasteiger partial charge in [0, 0.05) is 31.7 Å². The molecule has 2 saturated heterocycles. The molecular formula is C11H24ClN3O2S. The molecule has 2 fully saturated rings. The molecule has 0 aromatic rings. The van der Waals surface area contributed by atoms with Crippen LogP contribution in [0.25, 0.3) is 0 Å². The molecule has 0 spiro atoms. The molecule has 0 aromatic heterocycles. The van der Waals surface area contributed by atoms with Crippen molar-refractivity contribution < 1.29 is 8.42 Å². The molecule has 2 heterocycles. The van der Waals surface area contributed by atoms with Crippen molar-refractivity contribution in [2.75, 3.05) is 13.6 Å². The number of hydrogen-bond donors (Lipinski definition) is 2. The molecule has 0 amide bonds. The minimum Gasteiger partial charge on any atom is -0.311 e. The second-order valence-corrected chi connectivity index (χ2v) is 6.99. The average Bonchev–Trinajstić information content (AvgIpc) is 2.64. The molecule has 2 atom stereocenters. The molecule has 2 rings (SSSR count). The maximum atomic E-state index is 12.0. The zero-order chi connectivity index (χ0) is 12.5.